The molecule has 106 valence electrons. The number of carbonyl (C=O) groups is 2. The van der Waals surface area contributed by atoms with Crippen molar-refractivity contribution >= 4 is 11.7 Å². The number of rotatable bonds is 5. The van der Waals surface area contributed by atoms with Crippen LogP contribution in [0.4, 0.5) is 0 Å². The van der Waals surface area contributed by atoms with E-state index in [0.29, 0.717) is 6.42 Å². The molecule has 0 aliphatic carbocycles. The lowest BCUT2D eigenvalue weighted by molar-refractivity contribution is -0.132. The van der Waals surface area contributed by atoms with Crippen LogP contribution in [0.25, 0.3) is 0 Å². The molecule has 0 aromatic heterocycles. The van der Waals surface area contributed by atoms with E-state index >= 15 is 0 Å². The third kappa shape index (κ3) is 8.23. The van der Waals surface area contributed by atoms with Crippen LogP contribution in [-0.2, 0) is 14.3 Å². The first-order valence-electron chi connectivity index (χ1n) is 6.38. The summed E-state index contributed by atoms with van der Waals surface area (Å²) in [4.78, 5) is 23.4. The van der Waals surface area contributed by atoms with Crippen molar-refractivity contribution in [1.29, 1.82) is 0 Å². The molecule has 0 unspecified atom stereocenters. The lowest BCUT2D eigenvalue weighted by Crippen LogP contribution is -2.39. The maximum absolute atomic E-state index is 11.8. The zero-order valence-electron chi connectivity index (χ0n) is 12.7. The normalized spacial score (nSPS) is 14.2. The summed E-state index contributed by atoms with van der Waals surface area (Å²) in [5, 5.41) is 2.77. The number of ether oxygens (including phenoxy) is 1. The van der Waals surface area contributed by atoms with E-state index < -0.39 is 0 Å². The summed E-state index contributed by atoms with van der Waals surface area (Å²) in [6.07, 6.45) is 0.352. The van der Waals surface area contributed by atoms with Crippen molar-refractivity contribution in [2.45, 2.75) is 66.5 Å². The predicted octanol–water partition coefficient (Wildman–Crippen LogP) is 2.31. The fraction of sp³-hybridized carbons (Fsp3) is 0.857. The third-order valence-corrected chi connectivity index (χ3v) is 2.37. The molecule has 0 radical (unpaired) electrons. The Labute approximate surface area is 110 Å². The molecule has 4 heteroatoms. The lowest BCUT2D eigenvalue weighted by Gasteiger charge is -2.22. The molecule has 0 saturated carbocycles. The van der Waals surface area contributed by atoms with Crippen molar-refractivity contribution < 1.29 is 14.3 Å². The van der Waals surface area contributed by atoms with Gasteiger partial charge in [-0.25, -0.2) is 0 Å². The van der Waals surface area contributed by atoms with Crippen LogP contribution in [0.1, 0.15) is 54.9 Å². The topological polar surface area (TPSA) is 55.4 Å². The molecule has 1 amide bonds. The van der Waals surface area contributed by atoms with Crippen LogP contribution in [0, 0.1) is 5.41 Å². The zero-order chi connectivity index (χ0) is 14.6. The summed E-state index contributed by atoms with van der Waals surface area (Å²) in [6.45, 7) is 13.2. The van der Waals surface area contributed by atoms with E-state index in [0.717, 1.165) is 0 Å². The van der Waals surface area contributed by atoms with Crippen molar-refractivity contribution in [2.24, 2.45) is 5.41 Å². The Morgan fingerprint density at radius 3 is 2.00 bits per heavy atom. The highest BCUT2D eigenvalue weighted by atomic mass is 16.5. The van der Waals surface area contributed by atoms with Crippen LogP contribution in [0.3, 0.4) is 0 Å². The van der Waals surface area contributed by atoms with Gasteiger partial charge in [-0.1, -0.05) is 20.8 Å². The quantitative estimate of drug-likeness (QED) is 0.822. The van der Waals surface area contributed by atoms with Gasteiger partial charge in [0.15, 0.2) is 0 Å². The molecule has 0 aromatic rings. The number of carbonyl (C=O) groups excluding carboxylic acids is 2. The summed E-state index contributed by atoms with van der Waals surface area (Å²) in [5.41, 5.74) is -0.692. The summed E-state index contributed by atoms with van der Waals surface area (Å²) in [7, 11) is 0. The second-order valence-electron chi connectivity index (χ2n) is 6.75. The summed E-state index contributed by atoms with van der Waals surface area (Å²) in [6, 6.07) is -0.159. The summed E-state index contributed by atoms with van der Waals surface area (Å²) in [5.74, 6) is -0.0360. The largest absolute Gasteiger partial charge is 0.366 e. The number of hydrogen-bond donors (Lipinski definition) is 1. The van der Waals surface area contributed by atoms with E-state index in [-0.39, 0.29) is 35.4 Å². The van der Waals surface area contributed by atoms with Crippen LogP contribution >= 0.6 is 0 Å². The standard InChI is InChI=1S/C14H27NO3/c1-10(8-11(16)13(2,3)4)15-12(17)9-18-14(5,6)7/h10H,8-9H2,1-7H3,(H,15,17)/t10-/m0/s1. The Balaban J connectivity index is 4.06. The van der Waals surface area contributed by atoms with Gasteiger partial charge in [-0.15, -0.1) is 0 Å². The highest BCUT2D eigenvalue weighted by molar-refractivity contribution is 5.85. The van der Waals surface area contributed by atoms with E-state index in [2.05, 4.69) is 5.32 Å². The molecular weight excluding hydrogens is 230 g/mol. The zero-order valence-corrected chi connectivity index (χ0v) is 12.7. The number of ketones is 1. The van der Waals surface area contributed by atoms with Crippen LogP contribution in [-0.4, -0.2) is 29.9 Å². The smallest absolute Gasteiger partial charge is 0.246 e. The molecule has 0 rings (SSSR count). The Kier molecular flexibility index (Phi) is 6.00. The molecule has 4 nitrogen and oxygen atoms in total. The number of hydrogen-bond acceptors (Lipinski definition) is 3. The molecule has 0 fully saturated rings. The van der Waals surface area contributed by atoms with Crippen LogP contribution in [0.2, 0.25) is 0 Å². The van der Waals surface area contributed by atoms with Crippen LogP contribution in [0.5, 0.6) is 0 Å². The van der Waals surface area contributed by atoms with E-state index in [1.165, 1.54) is 0 Å². The average Bonchev–Trinajstić information content (AvgIpc) is 2.11. The Morgan fingerprint density at radius 1 is 1.11 bits per heavy atom. The minimum Gasteiger partial charge on any atom is -0.366 e. The van der Waals surface area contributed by atoms with Gasteiger partial charge in [0.25, 0.3) is 0 Å². The Hall–Kier alpha value is -0.900. The van der Waals surface area contributed by atoms with Crippen molar-refractivity contribution in [3.8, 4) is 0 Å². The van der Waals surface area contributed by atoms with Gasteiger partial charge in [0.05, 0.1) is 5.60 Å². The minimum atomic E-state index is -0.360. The monoisotopic (exact) mass is 257 g/mol. The average molecular weight is 257 g/mol. The van der Waals surface area contributed by atoms with Gasteiger partial charge in [0.2, 0.25) is 5.91 Å². The van der Waals surface area contributed by atoms with E-state index in [4.69, 9.17) is 4.74 Å². The molecule has 0 spiro atoms. The van der Waals surface area contributed by atoms with Crippen LogP contribution < -0.4 is 5.32 Å². The van der Waals surface area contributed by atoms with Gasteiger partial charge >= 0.3 is 0 Å². The molecule has 18 heavy (non-hydrogen) atoms. The first-order chi connectivity index (χ1) is 7.92. The SMILES string of the molecule is C[C@@H](CC(=O)C(C)(C)C)NC(=O)COC(C)(C)C. The number of Topliss-reactive ketones (excluding diaryl/α,β-unsaturated/α-hetero) is 1. The predicted molar refractivity (Wildman–Crippen MR) is 72.4 cm³/mol. The second-order valence-corrected chi connectivity index (χ2v) is 6.75. The first kappa shape index (κ1) is 17.1. The second kappa shape index (κ2) is 6.32. The molecule has 0 aromatic carbocycles. The van der Waals surface area contributed by atoms with Crippen molar-refractivity contribution in [1.82, 2.24) is 5.32 Å². The molecule has 0 heterocycles. The van der Waals surface area contributed by atoms with Gasteiger partial charge in [0.1, 0.15) is 12.4 Å². The van der Waals surface area contributed by atoms with Crippen molar-refractivity contribution in [3.05, 3.63) is 0 Å². The summed E-state index contributed by atoms with van der Waals surface area (Å²) < 4.78 is 5.37. The maximum Gasteiger partial charge on any atom is 0.246 e. The number of nitrogens with one attached hydrogen (secondary N) is 1. The van der Waals surface area contributed by atoms with Crippen molar-refractivity contribution in [2.75, 3.05) is 6.61 Å². The molecule has 1 N–H and O–H groups in total. The van der Waals surface area contributed by atoms with E-state index in [9.17, 15) is 9.59 Å². The van der Waals surface area contributed by atoms with Crippen molar-refractivity contribution in [3.63, 3.8) is 0 Å². The first-order valence-corrected chi connectivity index (χ1v) is 6.38. The third-order valence-electron chi connectivity index (χ3n) is 2.37. The van der Waals surface area contributed by atoms with Gasteiger partial charge in [0, 0.05) is 17.9 Å². The van der Waals surface area contributed by atoms with E-state index in [1.54, 1.807) is 0 Å². The lowest BCUT2D eigenvalue weighted by atomic mass is 9.87. The molecule has 0 aliphatic heterocycles. The van der Waals surface area contributed by atoms with Crippen LogP contribution in [0.15, 0.2) is 0 Å². The van der Waals surface area contributed by atoms with Gasteiger partial charge in [-0.2, -0.15) is 0 Å². The fourth-order valence-electron chi connectivity index (χ4n) is 1.23. The highest BCUT2D eigenvalue weighted by Crippen LogP contribution is 2.17. The highest BCUT2D eigenvalue weighted by Gasteiger charge is 2.23. The molecule has 1 atom stereocenters. The summed E-state index contributed by atoms with van der Waals surface area (Å²) >= 11 is 0. The fourth-order valence-corrected chi connectivity index (χ4v) is 1.23. The Morgan fingerprint density at radius 2 is 1.61 bits per heavy atom. The maximum atomic E-state index is 11.8. The molecule has 0 bridgehead atoms. The molecule has 0 saturated heterocycles. The van der Waals surface area contributed by atoms with Gasteiger partial charge < -0.3 is 10.1 Å². The minimum absolute atomic E-state index is 0.0253. The number of amides is 1. The Bertz CT molecular complexity index is 297. The molecular formula is C14H27NO3. The molecule has 0 aliphatic rings. The van der Waals surface area contributed by atoms with Gasteiger partial charge in [-0.05, 0) is 27.7 Å². The van der Waals surface area contributed by atoms with E-state index in [1.807, 2.05) is 48.5 Å². The van der Waals surface area contributed by atoms with Gasteiger partial charge in [-0.3, -0.25) is 9.59 Å².